The van der Waals surface area contributed by atoms with Crippen LogP contribution in [0.25, 0.3) is 0 Å². The molecule has 0 radical (unpaired) electrons. The second-order valence-corrected chi connectivity index (χ2v) is 5.00. The van der Waals surface area contributed by atoms with Gasteiger partial charge >= 0.3 is 6.18 Å². The van der Waals surface area contributed by atoms with Crippen LogP contribution in [0.1, 0.15) is 39.5 Å². The van der Waals surface area contributed by atoms with Gasteiger partial charge in [-0.05, 0) is 33.1 Å². The van der Waals surface area contributed by atoms with Crippen LogP contribution in [0, 0.1) is 5.92 Å². The molecule has 0 aromatic rings. The van der Waals surface area contributed by atoms with Crippen molar-refractivity contribution in [2.24, 2.45) is 5.92 Å². The summed E-state index contributed by atoms with van der Waals surface area (Å²) in [5, 5.41) is 3.25. The smallest absolute Gasteiger partial charge is 0.380 e. The highest BCUT2D eigenvalue weighted by Crippen LogP contribution is 2.37. The second kappa shape index (κ2) is 6.05. The van der Waals surface area contributed by atoms with Crippen molar-refractivity contribution in [3.05, 3.63) is 0 Å². The first kappa shape index (κ1) is 14.8. The van der Waals surface area contributed by atoms with E-state index >= 15 is 0 Å². The second-order valence-electron chi connectivity index (χ2n) is 5.00. The van der Waals surface area contributed by atoms with Gasteiger partial charge < -0.3 is 10.1 Å². The Labute approximate surface area is 101 Å². The van der Waals surface area contributed by atoms with Gasteiger partial charge in [-0.3, -0.25) is 0 Å². The minimum absolute atomic E-state index is 0.0151. The quantitative estimate of drug-likeness (QED) is 0.831. The molecule has 0 heterocycles. The molecule has 1 aliphatic carbocycles. The molecule has 2 nitrogen and oxygen atoms in total. The highest BCUT2D eigenvalue weighted by atomic mass is 19.4. The van der Waals surface area contributed by atoms with Crippen LogP contribution in [-0.4, -0.2) is 31.5 Å². The number of methoxy groups -OCH3 is 1. The molecule has 5 heteroatoms. The van der Waals surface area contributed by atoms with E-state index < -0.39 is 12.1 Å². The van der Waals surface area contributed by atoms with Crippen molar-refractivity contribution in [3.63, 3.8) is 0 Å². The molecule has 0 amide bonds. The molecule has 0 bridgehead atoms. The van der Waals surface area contributed by atoms with Gasteiger partial charge in [-0.1, -0.05) is 6.42 Å². The standard InChI is InChI=1S/C12H22F3NO/c1-8(9(2)17-3)16-11-6-4-5-10(7-11)12(13,14)15/h8-11,16H,4-7H2,1-3H3. The summed E-state index contributed by atoms with van der Waals surface area (Å²) >= 11 is 0. The molecule has 0 aliphatic heterocycles. The zero-order chi connectivity index (χ0) is 13.1. The van der Waals surface area contributed by atoms with E-state index in [1.165, 1.54) is 0 Å². The van der Waals surface area contributed by atoms with E-state index in [0.717, 1.165) is 6.42 Å². The predicted molar refractivity (Wildman–Crippen MR) is 60.9 cm³/mol. The molecule has 0 aromatic carbocycles. The van der Waals surface area contributed by atoms with Crippen LogP contribution >= 0.6 is 0 Å². The molecule has 1 fully saturated rings. The summed E-state index contributed by atoms with van der Waals surface area (Å²) in [5.41, 5.74) is 0. The SMILES string of the molecule is COC(C)C(C)NC1CCCC(C(F)(F)F)C1. The van der Waals surface area contributed by atoms with Gasteiger partial charge in [0.25, 0.3) is 0 Å². The fraction of sp³-hybridized carbons (Fsp3) is 1.00. The average Bonchev–Trinajstić information content (AvgIpc) is 2.27. The maximum absolute atomic E-state index is 12.6. The lowest BCUT2D eigenvalue weighted by molar-refractivity contribution is -0.184. The van der Waals surface area contributed by atoms with Crippen LogP contribution < -0.4 is 5.32 Å². The molecule has 4 atom stereocenters. The number of nitrogens with one attached hydrogen (secondary N) is 1. The van der Waals surface area contributed by atoms with Crippen molar-refractivity contribution < 1.29 is 17.9 Å². The van der Waals surface area contributed by atoms with E-state index in [2.05, 4.69) is 5.32 Å². The predicted octanol–water partition coefficient (Wildman–Crippen LogP) is 3.12. The molecule has 1 N–H and O–H groups in total. The number of hydrogen-bond acceptors (Lipinski definition) is 2. The molecule has 1 aliphatic rings. The van der Waals surface area contributed by atoms with Crippen LogP contribution in [0.3, 0.4) is 0 Å². The Morgan fingerprint density at radius 2 is 1.88 bits per heavy atom. The Morgan fingerprint density at radius 3 is 2.41 bits per heavy atom. The van der Waals surface area contributed by atoms with Gasteiger partial charge in [0.05, 0.1) is 12.0 Å². The monoisotopic (exact) mass is 253 g/mol. The van der Waals surface area contributed by atoms with Gasteiger partial charge in [0, 0.05) is 19.2 Å². The summed E-state index contributed by atoms with van der Waals surface area (Å²) in [6, 6.07) is 0.0416. The zero-order valence-electron chi connectivity index (χ0n) is 10.7. The molecule has 4 unspecified atom stereocenters. The number of alkyl halides is 3. The lowest BCUT2D eigenvalue weighted by Gasteiger charge is -2.34. The maximum atomic E-state index is 12.6. The molecule has 1 saturated carbocycles. The van der Waals surface area contributed by atoms with Gasteiger partial charge in [0.15, 0.2) is 0 Å². The zero-order valence-corrected chi connectivity index (χ0v) is 10.7. The molecule has 1 rings (SSSR count). The van der Waals surface area contributed by atoms with Crippen molar-refractivity contribution in [2.75, 3.05) is 7.11 Å². The van der Waals surface area contributed by atoms with Crippen molar-refractivity contribution in [1.29, 1.82) is 0 Å². The Hall–Kier alpha value is -0.290. The molecule has 0 spiro atoms. The first-order chi connectivity index (χ1) is 7.84. The molecule has 102 valence electrons. The average molecular weight is 253 g/mol. The van der Waals surface area contributed by atoms with E-state index in [9.17, 15) is 13.2 Å². The van der Waals surface area contributed by atoms with Gasteiger partial charge in [-0.15, -0.1) is 0 Å². The summed E-state index contributed by atoms with van der Waals surface area (Å²) < 4.78 is 43.0. The number of halogens is 3. The Balaban J connectivity index is 2.45. The summed E-state index contributed by atoms with van der Waals surface area (Å²) in [4.78, 5) is 0. The Kier molecular flexibility index (Phi) is 5.25. The Morgan fingerprint density at radius 1 is 1.24 bits per heavy atom. The normalized spacial score (nSPS) is 30.0. The lowest BCUT2D eigenvalue weighted by atomic mass is 9.85. The van der Waals surface area contributed by atoms with E-state index in [0.29, 0.717) is 6.42 Å². The fourth-order valence-electron chi connectivity index (χ4n) is 2.35. The summed E-state index contributed by atoms with van der Waals surface area (Å²) in [5.74, 6) is -1.14. The lowest BCUT2D eigenvalue weighted by Crippen LogP contribution is -2.46. The molecule has 17 heavy (non-hydrogen) atoms. The third-order valence-corrected chi connectivity index (χ3v) is 3.71. The van der Waals surface area contributed by atoms with Crippen LogP contribution in [-0.2, 0) is 4.74 Å². The molecular weight excluding hydrogens is 231 g/mol. The minimum Gasteiger partial charge on any atom is -0.380 e. The van der Waals surface area contributed by atoms with Crippen molar-refractivity contribution >= 4 is 0 Å². The topological polar surface area (TPSA) is 21.3 Å². The van der Waals surface area contributed by atoms with Gasteiger partial charge in [-0.25, -0.2) is 0 Å². The van der Waals surface area contributed by atoms with Crippen molar-refractivity contribution in [1.82, 2.24) is 5.32 Å². The highest BCUT2D eigenvalue weighted by molar-refractivity contribution is 4.84. The van der Waals surface area contributed by atoms with Crippen molar-refractivity contribution in [2.45, 2.75) is 63.9 Å². The number of ether oxygens (including phenoxy) is 1. The van der Waals surface area contributed by atoms with E-state index in [1.807, 2.05) is 13.8 Å². The number of hydrogen-bond donors (Lipinski definition) is 1. The van der Waals surface area contributed by atoms with Crippen LogP contribution in [0.15, 0.2) is 0 Å². The highest BCUT2D eigenvalue weighted by Gasteiger charge is 2.42. The summed E-state index contributed by atoms with van der Waals surface area (Å²) in [7, 11) is 1.61. The third-order valence-electron chi connectivity index (χ3n) is 3.71. The Bertz CT molecular complexity index is 232. The van der Waals surface area contributed by atoms with Crippen LogP contribution in [0.5, 0.6) is 0 Å². The van der Waals surface area contributed by atoms with Gasteiger partial charge in [-0.2, -0.15) is 13.2 Å². The van der Waals surface area contributed by atoms with Gasteiger partial charge in [0.2, 0.25) is 0 Å². The van der Waals surface area contributed by atoms with E-state index in [4.69, 9.17) is 4.74 Å². The van der Waals surface area contributed by atoms with E-state index in [1.54, 1.807) is 7.11 Å². The van der Waals surface area contributed by atoms with Crippen molar-refractivity contribution in [3.8, 4) is 0 Å². The number of rotatable bonds is 4. The van der Waals surface area contributed by atoms with Crippen LogP contribution in [0.2, 0.25) is 0 Å². The summed E-state index contributed by atoms with van der Waals surface area (Å²) in [6.45, 7) is 3.87. The van der Waals surface area contributed by atoms with Crippen LogP contribution in [0.4, 0.5) is 13.2 Å². The third kappa shape index (κ3) is 4.47. The molecule has 0 aromatic heterocycles. The maximum Gasteiger partial charge on any atom is 0.391 e. The first-order valence-electron chi connectivity index (χ1n) is 6.20. The molecule has 0 saturated heterocycles. The largest absolute Gasteiger partial charge is 0.391 e. The minimum atomic E-state index is -4.05. The fourth-order valence-corrected chi connectivity index (χ4v) is 2.35. The van der Waals surface area contributed by atoms with E-state index in [-0.39, 0.29) is 31.0 Å². The van der Waals surface area contributed by atoms with Gasteiger partial charge in [0.1, 0.15) is 0 Å². The first-order valence-corrected chi connectivity index (χ1v) is 6.20. The summed E-state index contributed by atoms with van der Waals surface area (Å²) in [6.07, 6.45) is -2.08. The molecular formula is C12H22F3NO.